The van der Waals surface area contributed by atoms with Crippen molar-refractivity contribution in [2.45, 2.75) is 32.0 Å². The lowest BCUT2D eigenvalue weighted by Crippen LogP contribution is -2.23. The molecule has 0 spiro atoms. The van der Waals surface area contributed by atoms with Gasteiger partial charge in [0, 0.05) is 0 Å². The fraction of sp³-hybridized carbons (Fsp3) is 0.857. The second-order valence-corrected chi connectivity index (χ2v) is 4.64. The Hall–Kier alpha value is -0.660. The zero-order valence-electron chi connectivity index (χ0n) is 7.79. The van der Waals surface area contributed by atoms with Crippen molar-refractivity contribution >= 4 is 16.6 Å². The molecule has 2 atom stereocenters. The van der Waals surface area contributed by atoms with E-state index in [-0.39, 0.29) is 19.3 Å². The summed E-state index contributed by atoms with van der Waals surface area (Å²) < 4.78 is 25.4. The Morgan fingerprint density at radius 2 is 1.93 bits per heavy atom. The molecule has 0 aromatic heterocycles. The molecule has 0 radical (unpaired) electrons. The lowest BCUT2D eigenvalue weighted by atomic mass is 10.1. The fourth-order valence-electron chi connectivity index (χ4n) is 0.852. The predicted molar refractivity (Wildman–Crippen MR) is 47.9 cm³/mol. The number of rotatable bonds is 7. The summed E-state index contributed by atoms with van der Waals surface area (Å²) >= 11 is 0. The number of aliphatic hydroxyl groups excluding tert-OH is 2. The molecule has 7 heteroatoms. The minimum absolute atomic E-state index is 0.138. The molecule has 0 heterocycles. The molecule has 84 valence electrons. The van der Waals surface area contributed by atoms with Gasteiger partial charge in [-0.25, -0.2) is 0 Å². The molecule has 0 saturated heterocycles. The van der Waals surface area contributed by atoms with Crippen LogP contribution in [0.1, 0.15) is 19.8 Å². The van der Waals surface area contributed by atoms with E-state index in [1.807, 2.05) is 0 Å². The summed E-state index contributed by atoms with van der Waals surface area (Å²) in [6.45, 7) is 1.33. The van der Waals surface area contributed by atoms with E-state index in [0.717, 1.165) is 0 Å². The Balaban J connectivity index is 3.93. The van der Waals surface area contributed by atoms with Crippen molar-refractivity contribution in [1.82, 2.24) is 0 Å². The third kappa shape index (κ3) is 6.81. The normalized spacial score (nSPS) is 15.9. The Bertz CT molecular complexity index is 257. The monoisotopic (exact) mass is 226 g/mol. The highest BCUT2D eigenvalue weighted by Crippen LogP contribution is 2.04. The summed E-state index contributed by atoms with van der Waals surface area (Å²) in [5.74, 6) is -0.640. The zero-order chi connectivity index (χ0) is 11.2. The van der Waals surface area contributed by atoms with E-state index in [1.54, 1.807) is 0 Å². The molecule has 0 aliphatic heterocycles. The molecule has 0 amide bonds. The van der Waals surface area contributed by atoms with Gasteiger partial charge in [0.2, 0.25) is 0 Å². The van der Waals surface area contributed by atoms with Gasteiger partial charge >= 0.3 is 16.6 Å². The van der Waals surface area contributed by atoms with E-state index in [2.05, 4.69) is 4.18 Å². The maximum absolute atomic E-state index is 10.8. The Morgan fingerprint density at radius 3 is 2.36 bits per heavy atom. The van der Waals surface area contributed by atoms with Crippen LogP contribution in [0.4, 0.5) is 0 Å². The van der Waals surface area contributed by atoms with Crippen LogP contribution < -0.4 is 0 Å². The van der Waals surface area contributed by atoms with Crippen LogP contribution >= 0.6 is 0 Å². The first-order valence-corrected chi connectivity index (χ1v) is 5.66. The second-order valence-electron chi connectivity index (χ2n) is 3.00. The van der Waals surface area contributed by atoms with Gasteiger partial charge in [-0.2, -0.15) is 8.42 Å². The molecule has 0 aromatic rings. The van der Waals surface area contributed by atoms with Crippen molar-refractivity contribution in [3.8, 4) is 0 Å². The molecule has 14 heavy (non-hydrogen) atoms. The summed E-state index contributed by atoms with van der Waals surface area (Å²) in [6.07, 6.45) is -1.30. The van der Waals surface area contributed by atoms with Crippen LogP contribution in [0.5, 0.6) is 0 Å². The minimum Gasteiger partial charge on any atom is -0.393 e. The SMILES string of the molecule is CC(O)CCC(O)CS(=O)(=O)OC=O. The van der Waals surface area contributed by atoms with Gasteiger partial charge in [0.25, 0.3) is 0 Å². The summed E-state index contributed by atoms with van der Waals surface area (Å²) in [4.78, 5) is 9.75. The zero-order valence-corrected chi connectivity index (χ0v) is 8.61. The van der Waals surface area contributed by atoms with Crippen molar-refractivity contribution in [3.63, 3.8) is 0 Å². The average Bonchev–Trinajstić information content (AvgIpc) is 1.99. The van der Waals surface area contributed by atoms with Crippen molar-refractivity contribution in [1.29, 1.82) is 0 Å². The van der Waals surface area contributed by atoms with Crippen molar-refractivity contribution in [3.05, 3.63) is 0 Å². The van der Waals surface area contributed by atoms with Gasteiger partial charge in [-0.05, 0) is 19.8 Å². The molecule has 2 N–H and O–H groups in total. The van der Waals surface area contributed by atoms with Crippen LogP contribution in [0.25, 0.3) is 0 Å². The van der Waals surface area contributed by atoms with Crippen molar-refractivity contribution in [2.24, 2.45) is 0 Å². The smallest absolute Gasteiger partial charge is 0.314 e. The van der Waals surface area contributed by atoms with Gasteiger partial charge in [-0.15, -0.1) is 0 Å². The Labute approximate surface area is 82.6 Å². The summed E-state index contributed by atoms with van der Waals surface area (Å²) in [6, 6.07) is 0. The van der Waals surface area contributed by atoms with Gasteiger partial charge in [0.15, 0.2) is 0 Å². The highest BCUT2D eigenvalue weighted by Gasteiger charge is 2.18. The summed E-state index contributed by atoms with van der Waals surface area (Å²) in [5.41, 5.74) is 0. The first-order valence-electron chi connectivity index (χ1n) is 4.08. The van der Waals surface area contributed by atoms with E-state index in [4.69, 9.17) is 5.11 Å². The van der Waals surface area contributed by atoms with Crippen LogP contribution in [0.15, 0.2) is 0 Å². The number of hydrogen-bond acceptors (Lipinski definition) is 6. The van der Waals surface area contributed by atoms with Crippen LogP contribution in [0.3, 0.4) is 0 Å². The van der Waals surface area contributed by atoms with E-state index in [9.17, 15) is 18.3 Å². The molecule has 6 nitrogen and oxygen atoms in total. The van der Waals surface area contributed by atoms with Crippen LogP contribution in [-0.2, 0) is 19.1 Å². The molecular weight excluding hydrogens is 212 g/mol. The molecular formula is C7H14O6S. The number of carbonyl (C=O) groups excluding carboxylic acids is 1. The molecule has 0 bridgehead atoms. The standard InChI is InChI=1S/C7H14O6S/c1-6(9)2-3-7(10)4-14(11,12)13-5-8/h5-7,9-10H,2-4H2,1H3. The molecule has 0 saturated carbocycles. The average molecular weight is 226 g/mol. The first-order chi connectivity index (χ1) is 6.37. The highest BCUT2D eigenvalue weighted by atomic mass is 32.2. The highest BCUT2D eigenvalue weighted by molar-refractivity contribution is 7.87. The molecule has 0 fully saturated rings. The Kier molecular flexibility index (Phi) is 5.66. The first kappa shape index (κ1) is 13.3. The van der Waals surface area contributed by atoms with Gasteiger partial charge < -0.3 is 14.4 Å². The van der Waals surface area contributed by atoms with Crippen LogP contribution in [-0.4, -0.2) is 43.1 Å². The van der Waals surface area contributed by atoms with Gasteiger partial charge in [-0.3, -0.25) is 4.79 Å². The largest absolute Gasteiger partial charge is 0.393 e. The minimum atomic E-state index is -3.98. The maximum Gasteiger partial charge on any atom is 0.314 e. The molecule has 0 aliphatic rings. The van der Waals surface area contributed by atoms with E-state index < -0.39 is 28.1 Å². The lowest BCUT2D eigenvalue weighted by molar-refractivity contribution is -0.120. The van der Waals surface area contributed by atoms with E-state index in [0.29, 0.717) is 0 Å². The van der Waals surface area contributed by atoms with Gasteiger partial charge in [-0.1, -0.05) is 0 Å². The number of carbonyl (C=O) groups is 1. The van der Waals surface area contributed by atoms with E-state index in [1.165, 1.54) is 6.92 Å². The third-order valence-electron chi connectivity index (χ3n) is 1.50. The topological polar surface area (TPSA) is 101 Å². The fourth-order valence-corrected chi connectivity index (χ4v) is 1.69. The quantitative estimate of drug-likeness (QED) is 0.427. The number of aliphatic hydroxyl groups is 2. The van der Waals surface area contributed by atoms with Crippen LogP contribution in [0.2, 0.25) is 0 Å². The van der Waals surface area contributed by atoms with Crippen LogP contribution in [0, 0.1) is 0 Å². The van der Waals surface area contributed by atoms with Gasteiger partial charge in [0.1, 0.15) is 5.75 Å². The second kappa shape index (κ2) is 5.94. The van der Waals surface area contributed by atoms with Crippen molar-refractivity contribution in [2.75, 3.05) is 5.75 Å². The molecule has 0 rings (SSSR count). The lowest BCUT2D eigenvalue weighted by Gasteiger charge is -2.10. The molecule has 0 aliphatic carbocycles. The Morgan fingerprint density at radius 1 is 1.36 bits per heavy atom. The van der Waals surface area contributed by atoms with Crippen molar-refractivity contribution < 1.29 is 27.6 Å². The molecule has 0 aromatic carbocycles. The van der Waals surface area contributed by atoms with Gasteiger partial charge in [0.05, 0.1) is 12.2 Å². The predicted octanol–water partition coefficient (Wildman–Crippen LogP) is -0.989. The molecule has 2 unspecified atom stereocenters. The summed E-state index contributed by atoms with van der Waals surface area (Å²) in [5, 5.41) is 18.0. The van der Waals surface area contributed by atoms with E-state index >= 15 is 0 Å². The third-order valence-corrected chi connectivity index (χ3v) is 2.66. The number of hydrogen-bond donors (Lipinski definition) is 2. The maximum atomic E-state index is 10.8. The summed E-state index contributed by atoms with van der Waals surface area (Å²) in [7, 11) is -3.98.